The lowest BCUT2D eigenvalue weighted by Crippen LogP contribution is -2.36. The van der Waals surface area contributed by atoms with Gasteiger partial charge in [-0.15, -0.1) is 0 Å². The number of ether oxygens (including phenoxy) is 2. The first-order chi connectivity index (χ1) is 13.2. The fourth-order valence-corrected chi connectivity index (χ4v) is 5.01. The molecule has 2 aliphatic carbocycles. The van der Waals surface area contributed by atoms with Gasteiger partial charge >= 0.3 is 11.9 Å². The molecule has 2 rings (SSSR count). The molecule has 0 radical (unpaired) electrons. The molecular weight excluding hydrogens is 352 g/mol. The highest BCUT2D eigenvalue weighted by Gasteiger charge is 2.34. The number of hydrogen-bond donors (Lipinski definition) is 0. The summed E-state index contributed by atoms with van der Waals surface area (Å²) in [4.78, 5) is 24.6. The topological polar surface area (TPSA) is 52.6 Å². The van der Waals surface area contributed by atoms with Gasteiger partial charge in [0.05, 0.1) is 0 Å². The van der Waals surface area contributed by atoms with Crippen molar-refractivity contribution in [3.05, 3.63) is 12.2 Å². The van der Waals surface area contributed by atoms with E-state index in [2.05, 4.69) is 41.5 Å². The zero-order valence-corrected chi connectivity index (χ0v) is 18.6. The van der Waals surface area contributed by atoms with Crippen LogP contribution in [0.25, 0.3) is 0 Å². The second kappa shape index (κ2) is 10.5. The maximum atomic E-state index is 12.3. The van der Waals surface area contributed by atoms with E-state index in [4.69, 9.17) is 9.47 Å². The van der Waals surface area contributed by atoms with Crippen LogP contribution in [-0.2, 0) is 19.1 Å². The molecule has 0 spiro atoms. The molecule has 2 fully saturated rings. The van der Waals surface area contributed by atoms with Gasteiger partial charge in [0.2, 0.25) is 0 Å². The van der Waals surface area contributed by atoms with E-state index in [1.807, 2.05) is 0 Å². The highest BCUT2D eigenvalue weighted by Crippen LogP contribution is 2.36. The average molecular weight is 393 g/mol. The molecule has 0 aromatic heterocycles. The lowest BCUT2D eigenvalue weighted by molar-refractivity contribution is -0.152. The largest absolute Gasteiger partial charge is 0.459 e. The second-order valence-corrected chi connectivity index (χ2v) is 9.94. The smallest absolute Gasteiger partial charge is 0.331 e. The summed E-state index contributed by atoms with van der Waals surface area (Å²) >= 11 is 0. The summed E-state index contributed by atoms with van der Waals surface area (Å²) in [6, 6.07) is 0. The quantitative estimate of drug-likeness (QED) is 0.439. The Morgan fingerprint density at radius 3 is 1.39 bits per heavy atom. The Labute approximate surface area is 171 Å². The van der Waals surface area contributed by atoms with Crippen LogP contribution in [0.15, 0.2) is 12.2 Å². The maximum Gasteiger partial charge on any atom is 0.331 e. The van der Waals surface area contributed by atoms with Crippen LogP contribution in [0.4, 0.5) is 0 Å². The van der Waals surface area contributed by atoms with E-state index >= 15 is 0 Å². The molecule has 0 aliphatic heterocycles. The van der Waals surface area contributed by atoms with Gasteiger partial charge in [0.25, 0.3) is 0 Å². The fourth-order valence-electron chi connectivity index (χ4n) is 5.01. The molecule has 4 nitrogen and oxygen atoms in total. The van der Waals surface area contributed by atoms with Gasteiger partial charge in [-0.2, -0.15) is 0 Å². The van der Waals surface area contributed by atoms with E-state index in [9.17, 15) is 9.59 Å². The van der Waals surface area contributed by atoms with Crippen LogP contribution in [-0.4, -0.2) is 24.1 Å². The number of carbonyl (C=O) groups is 2. The van der Waals surface area contributed by atoms with E-state index in [-0.39, 0.29) is 12.2 Å². The van der Waals surface area contributed by atoms with Crippen LogP contribution in [0, 0.1) is 35.5 Å². The van der Waals surface area contributed by atoms with Gasteiger partial charge in [-0.1, -0.05) is 54.4 Å². The molecule has 160 valence electrons. The fraction of sp³-hybridized carbons (Fsp3) is 0.833. The molecule has 0 heterocycles. The first kappa shape index (κ1) is 23.0. The molecule has 0 aromatic rings. The Morgan fingerprint density at radius 2 is 1.07 bits per heavy atom. The van der Waals surface area contributed by atoms with E-state index in [0.29, 0.717) is 35.5 Å². The molecule has 0 aromatic carbocycles. The summed E-state index contributed by atoms with van der Waals surface area (Å²) in [6.45, 7) is 13.2. The van der Waals surface area contributed by atoms with Crippen molar-refractivity contribution in [1.82, 2.24) is 0 Å². The molecule has 0 unspecified atom stereocenters. The van der Waals surface area contributed by atoms with E-state index in [1.54, 1.807) is 0 Å². The zero-order chi connectivity index (χ0) is 20.8. The highest BCUT2D eigenvalue weighted by molar-refractivity contribution is 5.91. The Hall–Kier alpha value is -1.32. The van der Waals surface area contributed by atoms with Crippen molar-refractivity contribution in [2.45, 2.75) is 92.3 Å². The van der Waals surface area contributed by atoms with Crippen LogP contribution in [0.3, 0.4) is 0 Å². The van der Waals surface area contributed by atoms with Crippen LogP contribution >= 0.6 is 0 Å². The standard InChI is InChI=1S/C24H40O4/c1-15(2)19-9-7-17(5)13-21(19)27-23(25)11-12-24(26)28-22-14-18(6)8-10-20(22)16(3)4/h11-12,15-22H,7-10,13-14H2,1-6H3/b12-11-/t17-,18-,19-,20-,21+,22+/m1/s1. The number of rotatable bonds is 6. The first-order valence-electron chi connectivity index (χ1n) is 11.3. The van der Waals surface area contributed by atoms with Crippen molar-refractivity contribution in [3.8, 4) is 0 Å². The van der Waals surface area contributed by atoms with Crippen molar-refractivity contribution in [2.24, 2.45) is 35.5 Å². The Balaban J connectivity index is 1.89. The van der Waals surface area contributed by atoms with Crippen molar-refractivity contribution >= 4 is 11.9 Å². The summed E-state index contributed by atoms with van der Waals surface area (Å²) in [5.41, 5.74) is 0. The maximum absolute atomic E-state index is 12.3. The van der Waals surface area contributed by atoms with E-state index < -0.39 is 11.9 Å². The van der Waals surface area contributed by atoms with E-state index in [0.717, 1.165) is 25.7 Å². The summed E-state index contributed by atoms with van der Waals surface area (Å²) < 4.78 is 11.4. The first-order valence-corrected chi connectivity index (χ1v) is 11.3. The third-order valence-electron chi connectivity index (χ3n) is 6.81. The van der Waals surface area contributed by atoms with Gasteiger partial charge in [-0.05, 0) is 61.2 Å². The molecule has 0 bridgehead atoms. The van der Waals surface area contributed by atoms with Crippen LogP contribution in [0.1, 0.15) is 80.1 Å². The molecule has 0 saturated heterocycles. The van der Waals surface area contributed by atoms with Crippen LogP contribution in [0.5, 0.6) is 0 Å². The number of esters is 2. The van der Waals surface area contributed by atoms with Crippen molar-refractivity contribution < 1.29 is 19.1 Å². The van der Waals surface area contributed by atoms with Gasteiger partial charge in [0.15, 0.2) is 0 Å². The van der Waals surface area contributed by atoms with Crippen LogP contribution < -0.4 is 0 Å². The molecule has 2 aliphatic rings. The molecule has 4 heteroatoms. The van der Waals surface area contributed by atoms with Crippen molar-refractivity contribution in [1.29, 1.82) is 0 Å². The Kier molecular flexibility index (Phi) is 8.57. The summed E-state index contributed by atoms with van der Waals surface area (Å²) in [6.07, 6.45) is 8.77. The van der Waals surface area contributed by atoms with Crippen LogP contribution in [0.2, 0.25) is 0 Å². The molecule has 2 saturated carbocycles. The van der Waals surface area contributed by atoms with Gasteiger partial charge in [0.1, 0.15) is 12.2 Å². The second-order valence-electron chi connectivity index (χ2n) is 9.94. The van der Waals surface area contributed by atoms with Gasteiger partial charge in [-0.3, -0.25) is 0 Å². The average Bonchev–Trinajstić information content (AvgIpc) is 2.59. The Morgan fingerprint density at radius 1 is 0.714 bits per heavy atom. The third-order valence-corrected chi connectivity index (χ3v) is 6.81. The number of hydrogen-bond acceptors (Lipinski definition) is 4. The molecule has 0 N–H and O–H groups in total. The van der Waals surface area contributed by atoms with Gasteiger partial charge in [0, 0.05) is 12.2 Å². The van der Waals surface area contributed by atoms with Gasteiger partial charge < -0.3 is 9.47 Å². The number of carbonyl (C=O) groups excluding carboxylic acids is 2. The molecule has 28 heavy (non-hydrogen) atoms. The SMILES string of the molecule is CC(C)[C@H]1CC[C@@H](C)C[C@@H]1OC(=O)/C=C\C(=O)O[C@H]1C[C@H](C)CC[C@@H]1C(C)C. The minimum atomic E-state index is -0.431. The molecular formula is C24H40O4. The summed E-state index contributed by atoms with van der Waals surface area (Å²) in [5.74, 6) is 2.05. The summed E-state index contributed by atoms with van der Waals surface area (Å²) in [5, 5.41) is 0. The van der Waals surface area contributed by atoms with Gasteiger partial charge in [-0.25, -0.2) is 9.59 Å². The summed E-state index contributed by atoms with van der Waals surface area (Å²) in [7, 11) is 0. The molecule has 0 amide bonds. The third kappa shape index (κ3) is 6.63. The minimum absolute atomic E-state index is 0.0542. The highest BCUT2D eigenvalue weighted by atomic mass is 16.5. The lowest BCUT2D eigenvalue weighted by atomic mass is 9.75. The Bertz CT molecular complexity index is 503. The molecule has 6 atom stereocenters. The monoisotopic (exact) mass is 392 g/mol. The lowest BCUT2D eigenvalue weighted by Gasteiger charge is -2.36. The minimum Gasteiger partial charge on any atom is -0.459 e. The zero-order valence-electron chi connectivity index (χ0n) is 18.6. The van der Waals surface area contributed by atoms with Crippen molar-refractivity contribution in [2.75, 3.05) is 0 Å². The predicted molar refractivity (Wildman–Crippen MR) is 112 cm³/mol. The van der Waals surface area contributed by atoms with Crippen molar-refractivity contribution in [3.63, 3.8) is 0 Å². The van der Waals surface area contributed by atoms with E-state index in [1.165, 1.54) is 25.0 Å². The predicted octanol–water partition coefficient (Wildman–Crippen LogP) is 5.55. The normalized spacial score (nSPS) is 34.0.